The van der Waals surface area contributed by atoms with Crippen LogP contribution in [-0.2, 0) is 16.1 Å². The maximum atomic E-state index is 13.7. The maximum absolute atomic E-state index is 13.7. The number of halogens is 2. The van der Waals surface area contributed by atoms with Gasteiger partial charge in [-0.3, -0.25) is 9.69 Å². The molecule has 4 nitrogen and oxygen atoms in total. The number of benzene rings is 2. The lowest BCUT2D eigenvalue weighted by molar-refractivity contribution is -0.135. The zero-order valence-electron chi connectivity index (χ0n) is 19.5. The van der Waals surface area contributed by atoms with Crippen molar-refractivity contribution in [3.8, 4) is 0 Å². The van der Waals surface area contributed by atoms with Crippen LogP contribution in [0.1, 0.15) is 36.5 Å². The van der Waals surface area contributed by atoms with E-state index in [0.717, 1.165) is 18.7 Å². The van der Waals surface area contributed by atoms with Crippen LogP contribution >= 0.6 is 0 Å². The van der Waals surface area contributed by atoms with Crippen molar-refractivity contribution in [2.75, 3.05) is 39.9 Å². The number of hydrogen-bond acceptors (Lipinski definition) is 3. The first kappa shape index (κ1) is 24.3. The third kappa shape index (κ3) is 5.93. The Hall–Kier alpha value is -2.31. The molecular weight excluding hydrogens is 410 g/mol. The van der Waals surface area contributed by atoms with Crippen LogP contribution in [0, 0.1) is 30.4 Å². The Balaban J connectivity index is 1.83. The van der Waals surface area contributed by atoms with Crippen LogP contribution < -0.4 is 0 Å². The van der Waals surface area contributed by atoms with E-state index >= 15 is 0 Å². The largest absolute Gasteiger partial charge is 0.383 e. The number of likely N-dealkylation sites (tertiary alicyclic amines) is 1. The summed E-state index contributed by atoms with van der Waals surface area (Å²) in [6, 6.07) is 12.5. The summed E-state index contributed by atoms with van der Waals surface area (Å²) < 4.78 is 32.3. The lowest BCUT2D eigenvalue weighted by Crippen LogP contribution is -2.41. The smallest absolute Gasteiger partial charge is 0.225 e. The molecule has 0 spiro atoms. The van der Waals surface area contributed by atoms with Gasteiger partial charge in [-0.15, -0.1) is 0 Å². The Kier molecular flexibility index (Phi) is 8.38. The molecule has 1 fully saturated rings. The van der Waals surface area contributed by atoms with Gasteiger partial charge in [0.15, 0.2) is 11.6 Å². The van der Waals surface area contributed by atoms with Crippen LogP contribution in [0.3, 0.4) is 0 Å². The van der Waals surface area contributed by atoms with Gasteiger partial charge >= 0.3 is 0 Å². The Bertz CT molecular complexity index is 918. The third-order valence-electron chi connectivity index (χ3n) is 6.32. The molecule has 0 aromatic heterocycles. The zero-order chi connectivity index (χ0) is 23.3. The van der Waals surface area contributed by atoms with E-state index in [0.29, 0.717) is 26.2 Å². The average Bonchev–Trinajstić information content (AvgIpc) is 3.15. The van der Waals surface area contributed by atoms with Crippen LogP contribution in [0.2, 0.25) is 0 Å². The number of methoxy groups -OCH3 is 1. The maximum Gasteiger partial charge on any atom is 0.225 e. The van der Waals surface area contributed by atoms with Gasteiger partial charge in [-0.25, -0.2) is 8.78 Å². The van der Waals surface area contributed by atoms with Gasteiger partial charge in [-0.05, 0) is 41.7 Å². The van der Waals surface area contributed by atoms with E-state index in [9.17, 15) is 13.6 Å². The van der Waals surface area contributed by atoms with Gasteiger partial charge in [0.1, 0.15) is 0 Å². The summed E-state index contributed by atoms with van der Waals surface area (Å²) in [6.45, 7) is 9.81. The highest BCUT2D eigenvalue weighted by Crippen LogP contribution is 2.36. The van der Waals surface area contributed by atoms with Crippen LogP contribution in [0.5, 0.6) is 0 Å². The summed E-state index contributed by atoms with van der Waals surface area (Å²) in [4.78, 5) is 17.1. The van der Waals surface area contributed by atoms with Crippen LogP contribution in [0.15, 0.2) is 42.5 Å². The van der Waals surface area contributed by atoms with Gasteiger partial charge < -0.3 is 9.64 Å². The van der Waals surface area contributed by atoms with E-state index in [1.807, 2.05) is 24.8 Å². The van der Waals surface area contributed by atoms with Crippen molar-refractivity contribution < 1.29 is 18.3 Å². The molecule has 1 saturated heterocycles. The van der Waals surface area contributed by atoms with Crippen LogP contribution in [-0.4, -0.2) is 55.6 Å². The molecule has 0 N–H and O–H groups in total. The average molecular weight is 445 g/mol. The fourth-order valence-electron chi connectivity index (χ4n) is 4.67. The monoisotopic (exact) mass is 444 g/mol. The summed E-state index contributed by atoms with van der Waals surface area (Å²) in [6.07, 6.45) is 0. The fourth-order valence-corrected chi connectivity index (χ4v) is 4.67. The van der Waals surface area contributed by atoms with Crippen molar-refractivity contribution in [1.29, 1.82) is 0 Å². The van der Waals surface area contributed by atoms with Crippen molar-refractivity contribution in [3.63, 3.8) is 0 Å². The first-order valence-corrected chi connectivity index (χ1v) is 11.3. The Morgan fingerprint density at radius 3 is 2.56 bits per heavy atom. The summed E-state index contributed by atoms with van der Waals surface area (Å²) in [7, 11) is 1.65. The molecule has 0 saturated carbocycles. The lowest BCUT2D eigenvalue weighted by atomic mass is 9.86. The number of amides is 1. The minimum atomic E-state index is -0.827. The normalized spacial score (nSPS) is 19.0. The second-order valence-corrected chi connectivity index (χ2v) is 9.10. The van der Waals surface area contributed by atoms with Gasteiger partial charge in [0.05, 0.1) is 6.61 Å². The molecule has 0 aliphatic carbocycles. The predicted octanol–water partition coefficient (Wildman–Crippen LogP) is 4.62. The van der Waals surface area contributed by atoms with Crippen LogP contribution in [0.4, 0.5) is 8.78 Å². The van der Waals surface area contributed by atoms with E-state index in [1.165, 1.54) is 23.3 Å². The SMILES string of the molecule is COCCN(CC1CN(Cc2ccc(F)c(F)c2)CC1c1ccccc1C)C(=O)C(C)C. The van der Waals surface area contributed by atoms with Crippen molar-refractivity contribution in [2.24, 2.45) is 11.8 Å². The van der Waals surface area contributed by atoms with E-state index < -0.39 is 11.6 Å². The second-order valence-electron chi connectivity index (χ2n) is 9.10. The Morgan fingerprint density at radius 1 is 1.16 bits per heavy atom. The highest BCUT2D eigenvalue weighted by Gasteiger charge is 2.36. The third-order valence-corrected chi connectivity index (χ3v) is 6.32. The molecule has 6 heteroatoms. The molecule has 1 heterocycles. The minimum Gasteiger partial charge on any atom is -0.383 e. The Morgan fingerprint density at radius 2 is 1.91 bits per heavy atom. The molecule has 2 aromatic rings. The summed E-state index contributed by atoms with van der Waals surface area (Å²) >= 11 is 0. The number of carbonyl (C=O) groups excluding carboxylic acids is 1. The molecule has 2 aromatic carbocycles. The fraction of sp³-hybridized carbons (Fsp3) is 0.500. The molecule has 32 heavy (non-hydrogen) atoms. The number of aryl methyl sites for hydroxylation is 1. The molecule has 0 radical (unpaired) electrons. The first-order chi connectivity index (χ1) is 15.3. The van der Waals surface area contributed by atoms with E-state index in [4.69, 9.17) is 4.74 Å². The van der Waals surface area contributed by atoms with E-state index in [2.05, 4.69) is 30.0 Å². The molecule has 1 aliphatic heterocycles. The number of hydrogen-bond donors (Lipinski definition) is 0. The number of carbonyl (C=O) groups is 1. The first-order valence-electron chi connectivity index (χ1n) is 11.3. The van der Waals surface area contributed by atoms with Gasteiger partial charge in [-0.1, -0.05) is 44.2 Å². The Labute approximate surface area is 190 Å². The zero-order valence-corrected chi connectivity index (χ0v) is 19.5. The minimum absolute atomic E-state index is 0.0801. The molecule has 1 aliphatic rings. The molecular formula is C26H34F2N2O2. The van der Waals surface area contributed by atoms with Gasteiger partial charge in [-0.2, -0.15) is 0 Å². The summed E-state index contributed by atoms with van der Waals surface area (Å²) in [5.41, 5.74) is 3.27. The molecule has 2 unspecified atom stereocenters. The molecule has 2 atom stereocenters. The molecule has 3 rings (SSSR count). The molecule has 0 bridgehead atoms. The van der Waals surface area contributed by atoms with Crippen molar-refractivity contribution in [1.82, 2.24) is 9.80 Å². The van der Waals surface area contributed by atoms with E-state index in [1.54, 1.807) is 13.2 Å². The summed E-state index contributed by atoms with van der Waals surface area (Å²) in [5, 5.41) is 0. The van der Waals surface area contributed by atoms with Crippen LogP contribution in [0.25, 0.3) is 0 Å². The topological polar surface area (TPSA) is 32.8 Å². The number of rotatable bonds is 9. The quantitative estimate of drug-likeness (QED) is 0.566. The second kappa shape index (κ2) is 11.0. The number of nitrogens with zero attached hydrogens (tertiary/aromatic N) is 2. The molecule has 1 amide bonds. The van der Waals surface area contributed by atoms with Gasteiger partial charge in [0.2, 0.25) is 5.91 Å². The lowest BCUT2D eigenvalue weighted by Gasteiger charge is -2.30. The summed E-state index contributed by atoms with van der Waals surface area (Å²) in [5.74, 6) is -1.10. The standard InChI is InChI=1S/C26H34F2N2O2/c1-18(2)26(31)30(11-12-32-4)16-21-15-29(14-20-9-10-24(27)25(28)13-20)17-23(21)22-8-6-5-7-19(22)3/h5-10,13,18,21,23H,11-12,14-17H2,1-4H3. The van der Waals surface area contributed by atoms with Crippen molar-refractivity contribution in [2.45, 2.75) is 33.2 Å². The highest BCUT2D eigenvalue weighted by atomic mass is 19.2. The van der Waals surface area contributed by atoms with Gasteiger partial charge in [0, 0.05) is 51.7 Å². The van der Waals surface area contributed by atoms with Gasteiger partial charge in [0.25, 0.3) is 0 Å². The highest BCUT2D eigenvalue weighted by molar-refractivity contribution is 5.78. The molecule has 174 valence electrons. The number of ether oxygens (including phenoxy) is 1. The van der Waals surface area contributed by atoms with Crippen molar-refractivity contribution in [3.05, 3.63) is 70.8 Å². The van der Waals surface area contributed by atoms with E-state index in [-0.39, 0.29) is 23.7 Å². The predicted molar refractivity (Wildman–Crippen MR) is 122 cm³/mol. The van der Waals surface area contributed by atoms with Crippen molar-refractivity contribution >= 4 is 5.91 Å².